The van der Waals surface area contributed by atoms with E-state index in [1.165, 1.54) is 0 Å². The average Bonchev–Trinajstić information content (AvgIpc) is 2.90. The third kappa shape index (κ3) is 4.08. The van der Waals surface area contributed by atoms with E-state index < -0.39 is 31.2 Å². The zero-order valence-corrected chi connectivity index (χ0v) is 13.4. The van der Waals surface area contributed by atoms with Crippen molar-refractivity contribution in [2.24, 2.45) is 5.92 Å². The van der Waals surface area contributed by atoms with Gasteiger partial charge in [-0.3, -0.25) is 4.79 Å². The highest BCUT2D eigenvalue weighted by Crippen LogP contribution is 2.27. The Hall–Kier alpha value is -0.850. The van der Waals surface area contributed by atoms with Gasteiger partial charge in [0.15, 0.2) is 5.82 Å². The summed E-state index contributed by atoms with van der Waals surface area (Å²) in [5.74, 6) is -1.49. The smallest absolute Gasteiger partial charge is 0.264 e. The van der Waals surface area contributed by atoms with Crippen molar-refractivity contribution >= 4 is 37.2 Å². The molecule has 0 radical (unpaired) electrons. The predicted octanol–water partition coefficient (Wildman–Crippen LogP) is 3.33. The Morgan fingerprint density at radius 3 is 2.52 bits per heavy atom. The number of hydrogen-bond donors (Lipinski definition) is 1. The highest BCUT2D eigenvalue weighted by molar-refractivity contribution is 8.13. The van der Waals surface area contributed by atoms with E-state index in [9.17, 15) is 17.6 Å². The summed E-state index contributed by atoms with van der Waals surface area (Å²) in [4.78, 5) is 11.2. The van der Waals surface area contributed by atoms with Gasteiger partial charge in [0.2, 0.25) is 0 Å². The van der Waals surface area contributed by atoms with Crippen molar-refractivity contribution in [3.8, 4) is 0 Å². The molecule has 21 heavy (non-hydrogen) atoms. The summed E-state index contributed by atoms with van der Waals surface area (Å²) in [6.45, 7) is 0.438. The van der Waals surface area contributed by atoms with Crippen LogP contribution in [0.4, 0.5) is 4.39 Å². The second-order valence-corrected chi connectivity index (χ2v) is 8.03. The fourth-order valence-electron chi connectivity index (χ4n) is 2.45. The quantitative estimate of drug-likeness (QED) is 0.844. The molecule has 116 valence electrons. The van der Waals surface area contributed by atoms with Crippen molar-refractivity contribution in [3.63, 3.8) is 0 Å². The van der Waals surface area contributed by atoms with Crippen LogP contribution < -0.4 is 5.32 Å². The number of benzene rings is 1. The molecule has 0 bridgehead atoms. The Labute approximate surface area is 132 Å². The Morgan fingerprint density at radius 2 is 1.95 bits per heavy atom. The molecule has 1 aliphatic rings. The minimum atomic E-state index is -4.31. The number of halogens is 3. The molecule has 1 aliphatic carbocycles. The van der Waals surface area contributed by atoms with Gasteiger partial charge in [0.1, 0.15) is 4.90 Å². The second-order valence-electron chi connectivity index (χ2n) is 5.06. The first-order valence-corrected chi connectivity index (χ1v) is 9.19. The third-order valence-electron chi connectivity index (χ3n) is 3.54. The van der Waals surface area contributed by atoms with E-state index in [0.29, 0.717) is 12.5 Å². The molecule has 0 atom stereocenters. The van der Waals surface area contributed by atoms with Crippen molar-refractivity contribution < 1.29 is 17.6 Å². The van der Waals surface area contributed by atoms with E-state index in [2.05, 4.69) is 5.32 Å². The molecule has 0 unspecified atom stereocenters. The maximum Gasteiger partial charge on any atom is 0.264 e. The number of carbonyl (C=O) groups excluding carboxylic acids is 1. The van der Waals surface area contributed by atoms with Crippen LogP contribution in [0.1, 0.15) is 36.0 Å². The van der Waals surface area contributed by atoms with E-state index in [0.717, 1.165) is 37.8 Å². The summed E-state index contributed by atoms with van der Waals surface area (Å²) >= 11 is 5.73. The highest BCUT2D eigenvalue weighted by Gasteiger charge is 2.24. The van der Waals surface area contributed by atoms with Crippen LogP contribution in [0.25, 0.3) is 0 Å². The van der Waals surface area contributed by atoms with Crippen molar-refractivity contribution in [2.45, 2.75) is 30.6 Å². The lowest BCUT2D eigenvalue weighted by Crippen LogP contribution is -2.29. The van der Waals surface area contributed by atoms with Gasteiger partial charge in [0.05, 0.1) is 5.56 Å². The third-order valence-corrected chi connectivity index (χ3v) is 5.08. The van der Waals surface area contributed by atoms with Gasteiger partial charge >= 0.3 is 0 Å². The van der Waals surface area contributed by atoms with Gasteiger partial charge in [-0.25, -0.2) is 12.8 Å². The number of rotatable bonds is 4. The second kappa shape index (κ2) is 6.50. The molecule has 1 fully saturated rings. The van der Waals surface area contributed by atoms with Gasteiger partial charge in [-0.1, -0.05) is 24.4 Å². The van der Waals surface area contributed by atoms with Gasteiger partial charge in [0, 0.05) is 22.2 Å². The van der Waals surface area contributed by atoms with E-state index in [4.69, 9.17) is 22.3 Å². The van der Waals surface area contributed by atoms with Crippen molar-refractivity contribution in [2.75, 3.05) is 6.54 Å². The van der Waals surface area contributed by atoms with Gasteiger partial charge < -0.3 is 5.32 Å². The van der Waals surface area contributed by atoms with Crippen LogP contribution in [0, 0.1) is 11.7 Å². The van der Waals surface area contributed by atoms with Crippen molar-refractivity contribution in [3.05, 3.63) is 28.5 Å². The van der Waals surface area contributed by atoms with E-state index in [1.54, 1.807) is 0 Å². The van der Waals surface area contributed by atoms with Crippen molar-refractivity contribution in [1.29, 1.82) is 0 Å². The Kier molecular flexibility index (Phi) is 5.11. The zero-order chi connectivity index (χ0) is 15.6. The standard InChI is InChI=1S/C13H14Cl2FNO3S/c14-9-5-10(12(16)11(6-9)21(15,19)20)13(18)17-7-8-3-1-2-4-8/h5-6,8H,1-4,7H2,(H,17,18). The molecule has 0 heterocycles. The average molecular weight is 354 g/mol. The molecule has 0 aliphatic heterocycles. The first kappa shape index (κ1) is 16.5. The summed E-state index contributed by atoms with van der Waals surface area (Å²) in [5.41, 5.74) is -0.417. The maximum absolute atomic E-state index is 14.1. The molecular formula is C13H14Cl2FNO3S. The first-order valence-electron chi connectivity index (χ1n) is 6.51. The zero-order valence-electron chi connectivity index (χ0n) is 11.0. The number of carbonyl (C=O) groups is 1. The van der Waals surface area contributed by atoms with Crippen LogP contribution in [0.2, 0.25) is 5.02 Å². The largest absolute Gasteiger partial charge is 0.352 e. The van der Waals surface area contributed by atoms with Crippen LogP contribution in [0.15, 0.2) is 17.0 Å². The van der Waals surface area contributed by atoms with Crippen LogP contribution in [-0.2, 0) is 9.05 Å². The maximum atomic E-state index is 14.1. The Morgan fingerprint density at radius 1 is 1.33 bits per heavy atom. The molecule has 1 N–H and O–H groups in total. The highest BCUT2D eigenvalue weighted by atomic mass is 35.7. The molecule has 1 amide bonds. The Bertz CT molecular complexity index is 658. The van der Waals surface area contributed by atoms with E-state index in [-0.39, 0.29) is 5.02 Å². The van der Waals surface area contributed by atoms with E-state index >= 15 is 0 Å². The molecule has 1 aromatic rings. The first-order chi connectivity index (χ1) is 9.79. The summed E-state index contributed by atoms with van der Waals surface area (Å²) in [6, 6.07) is 1.97. The molecule has 1 saturated carbocycles. The number of nitrogens with one attached hydrogen (secondary N) is 1. The van der Waals surface area contributed by atoms with Gasteiger partial charge in [-0.05, 0) is 30.9 Å². The predicted molar refractivity (Wildman–Crippen MR) is 78.7 cm³/mol. The molecule has 2 rings (SSSR count). The van der Waals surface area contributed by atoms with Crippen molar-refractivity contribution in [1.82, 2.24) is 5.32 Å². The van der Waals surface area contributed by atoms with Gasteiger partial charge in [-0.15, -0.1) is 0 Å². The SMILES string of the molecule is O=C(NCC1CCCC1)c1cc(Cl)cc(S(=O)(=O)Cl)c1F. The lowest BCUT2D eigenvalue weighted by atomic mass is 10.1. The van der Waals surface area contributed by atoms with Crippen LogP contribution >= 0.6 is 22.3 Å². The minimum Gasteiger partial charge on any atom is -0.352 e. The molecule has 8 heteroatoms. The van der Waals surface area contributed by atoms with Crippen LogP contribution in [-0.4, -0.2) is 20.9 Å². The fraction of sp³-hybridized carbons (Fsp3) is 0.462. The lowest BCUT2D eigenvalue weighted by molar-refractivity contribution is 0.0943. The minimum absolute atomic E-state index is 0.0679. The summed E-state index contributed by atoms with van der Waals surface area (Å²) in [7, 11) is 0.825. The molecule has 1 aromatic carbocycles. The molecule has 0 spiro atoms. The van der Waals surface area contributed by atoms with Crippen LogP contribution in [0.5, 0.6) is 0 Å². The van der Waals surface area contributed by atoms with Crippen LogP contribution in [0.3, 0.4) is 0 Å². The summed E-state index contributed by atoms with van der Waals surface area (Å²) in [6.07, 6.45) is 4.31. The summed E-state index contributed by atoms with van der Waals surface area (Å²) < 4.78 is 36.7. The van der Waals surface area contributed by atoms with Gasteiger partial charge in [-0.2, -0.15) is 0 Å². The Balaban J connectivity index is 2.22. The normalized spacial score (nSPS) is 16.1. The molecule has 0 aromatic heterocycles. The van der Waals surface area contributed by atoms with Gasteiger partial charge in [0.25, 0.3) is 15.0 Å². The molecule has 0 saturated heterocycles. The lowest BCUT2D eigenvalue weighted by Gasteiger charge is -2.12. The molecule has 4 nitrogen and oxygen atoms in total. The van der Waals surface area contributed by atoms with E-state index in [1.807, 2.05) is 0 Å². The number of amides is 1. The number of hydrogen-bond acceptors (Lipinski definition) is 3. The fourth-order valence-corrected chi connectivity index (χ4v) is 3.67. The summed E-state index contributed by atoms with van der Waals surface area (Å²) in [5, 5.41) is 2.54. The monoisotopic (exact) mass is 353 g/mol. The molecular weight excluding hydrogens is 340 g/mol. The topological polar surface area (TPSA) is 63.2 Å².